The summed E-state index contributed by atoms with van der Waals surface area (Å²) < 4.78 is 27.4. The van der Waals surface area contributed by atoms with Gasteiger partial charge in [-0.05, 0) is 0 Å². The lowest BCUT2D eigenvalue weighted by Crippen LogP contribution is -2.29. The lowest BCUT2D eigenvalue weighted by molar-refractivity contribution is -0.702. The molecule has 0 aliphatic rings. The number of pyridine rings is 1. The quantitative estimate of drug-likeness (QED) is 0.624. The standard InChI is InChI=1S/C8H9N3O/c1-11-8-3-6(12-2)4-9-7(8)5-10-11/h3-5H,1-2H3/p+1/i2D3. The highest BCUT2D eigenvalue weighted by Crippen LogP contribution is 2.13. The molecule has 0 saturated heterocycles. The van der Waals surface area contributed by atoms with E-state index in [0.717, 1.165) is 11.0 Å². The van der Waals surface area contributed by atoms with Crippen molar-refractivity contribution in [2.45, 2.75) is 0 Å². The topological polar surface area (TPSA) is 41.8 Å². The van der Waals surface area contributed by atoms with Gasteiger partial charge in [0.05, 0.1) is 29.6 Å². The smallest absolute Gasteiger partial charge is 0.260 e. The van der Waals surface area contributed by atoms with Crippen LogP contribution in [0.15, 0.2) is 18.5 Å². The van der Waals surface area contributed by atoms with Crippen molar-refractivity contribution in [3.05, 3.63) is 18.5 Å². The van der Waals surface area contributed by atoms with Gasteiger partial charge in [0.15, 0.2) is 12.6 Å². The van der Waals surface area contributed by atoms with E-state index in [4.69, 9.17) is 8.85 Å². The molecule has 0 amide bonds. The number of hydrogen-bond donors (Lipinski definition) is 1. The number of aromatic amines is 1. The van der Waals surface area contributed by atoms with E-state index in [-0.39, 0.29) is 5.75 Å². The predicted octanol–water partition coefficient (Wildman–Crippen LogP) is 0.396. The largest absolute Gasteiger partial charge is 0.495 e. The molecule has 2 aromatic rings. The highest BCUT2D eigenvalue weighted by molar-refractivity contribution is 5.70. The number of methoxy groups -OCH3 is 1. The van der Waals surface area contributed by atoms with Crippen LogP contribution in [-0.2, 0) is 7.05 Å². The molecule has 2 heterocycles. The van der Waals surface area contributed by atoms with Crippen LogP contribution in [0.2, 0.25) is 0 Å². The Morgan fingerprint density at radius 3 is 3.50 bits per heavy atom. The highest BCUT2D eigenvalue weighted by atomic mass is 16.5. The molecule has 2 aromatic heterocycles. The number of rotatable bonds is 1. The molecule has 4 nitrogen and oxygen atoms in total. The number of nitrogens with zero attached hydrogens (tertiary/aromatic N) is 2. The van der Waals surface area contributed by atoms with Gasteiger partial charge in [0.25, 0.3) is 5.52 Å². The number of ether oxygens (including phenoxy) is 1. The Labute approximate surface area is 74.0 Å². The van der Waals surface area contributed by atoms with Crippen LogP contribution in [0.4, 0.5) is 0 Å². The van der Waals surface area contributed by atoms with Gasteiger partial charge in [-0.2, -0.15) is 5.10 Å². The van der Waals surface area contributed by atoms with E-state index in [1.165, 1.54) is 6.20 Å². The molecule has 0 aliphatic carbocycles. The number of fused-ring (bicyclic) bond motifs is 1. The van der Waals surface area contributed by atoms with Crippen LogP contribution >= 0.6 is 0 Å². The predicted molar refractivity (Wildman–Crippen MR) is 43.8 cm³/mol. The average molecular weight is 167 g/mol. The summed E-state index contributed by atoms with van der Waals surface area (Å²) >= 11 is 0. The Balaban J connectivity index is 2.42. The van der Waals surface area contributed by atoms with Gasteiger partial charge < -0.3 is 4.74 Å². The van der Waals surface area contributed by atoms with Crippen LogP contribution < -0.4 is 9.42 Å². The van der Waals surface area contributed by atoms with Crippen LogP contribution in [0.3, 0.4) is 0 Å². The summed E-state index contributed by atoms with van der Waals surface area (Å²) in [4.78, 5) is 4.06. The molecule has 0 unspecified atom stereocenters. The summed E-state index contributed by atoms with van der Waals surface area (Å²) in [5, 5.41) is 2.92. The first-order valence-corrected chi connectivity index (χ1v) is 3.48. The minimum atomic E-state index is -2.44. The van der Waals surface area contributed by atoms with Gasteiger partial charge in [0.1, 0.15) is 5.75 Å². The zero-order valence-corrected chi connectivity index (χ0v) is 6.53. The van der Waals surface area contributed by atoms with Crippen molar-refractivity contribution in [3.8, 4) is 5.75 Å². The summed E-state index contributed by atoms with van der Waals surface area (Å²) in [5.41, 5.74) is 1.55. The second-order valence-corrected chi connectivity index (χ2v) is 2.51. The number of hydrogen-bond acceptors (Lipinski definition) is 2. The average Bonchev–Trinajstić information content (AvgIpc) is 2.45. The van der Waals surface area contributed by atoms with Gasteiger partial charge in [0.2, 0.25) is 0 Å². The normalized spacial score (nSPS) is 15.2. The SMILES string of the molecule is [2H]C([2H])([2H])Oc1cnc2c[nH][n+](C)c2c1. The first-order valence-electron chi connectivity index (χ1n) is 4.98. The van der Waals surface area contributed by atoms with Gasteiger partial charge in [-0.1, -0.05) is 0 Å². The molecule has 0 radical (unpaired) electrons. The first kappa shape index (κ1) is 4.45. The molecular formula is C8H10N3O+. The Morgan fingerprint density at radius 1 is 1.75 bits per heavy atom. The monoisotopic (exact) mass is 167 g/mol. The van der Waals surface area contributed by atoms with E-state index < -0.39 is 7.04 Å². The molecular weight excluding hydrogens is 154 g/mol. The second kappa shape index (κ2) is 2.48. The number of aromatic nitrogens is 3. The maximum atomic E-state index is 6.96. The van der Waals surface area contributed by atoms with Crippen LogP contribution in [0.1, 0.15) is 4.11 Å². The van der Waals surface area contributed by atoms with Gasteiger partial charge in [0, 0.05) is 0 Å². The fourth-order valence-electron chi connectivity index (χ4n) is 1.11. The van der Waals surface area contributed by atoms with E-state index >= 15 is 0 Å². The van der Waals surface area contributed by atoms with Crippen molar-refractivity contribution in [1.29, 1.82) is 0 Å². The maximum Gasteiger partial charge on any atom is 0.260 e. The lowest BCUT2D eigenvalue weighted by atomic mass is 10.4. The van der Waals surface area contributed by atoms with E-state index in [2.05, 4.69) is 10.1 Å². The fourth-order valence-corrected chi connectivity index (χ4v) is 1.11. The van der Waals surface area contributed by atoms with Crippen LogP contribution in [0.25, 0.3) is 11.0 Å². The molecule has 0 bridgehead atoms. The van der Waals surface area contributed by atoms with Gasteiger partial charge in [-0.3, -0.25) is 0 Å². The molecule has 1 N–H and O–H groups in total. The third kappa shape index (κ3) is 0.922. The molecule has 12 heavy (non-hydrogen) atoms. The van der Waals surface area contributed by atoms with Crippen molar-refractivity contribution < 1.29 is 13.5 Å². The fraction of sp³-hybridized carbons (Fsp3) is 0.250. The van der Waals surface area contributed by atoms with Crippen LogP contribution in [0.5, 0.6) is 5.75 Å². The lowest BCUT2D eigenvalue weighted by Gasteiger charge is -1.94. The van der Waals surface area contributed by atoms with E-state index in [9.17, 15) is 0 Å². The number of H-pyrrole nitrogens is 1. The Hall–Kier alpha value is -1.58. The summed E-state index contributed by atoms with van der Waals surface area (Å²) in [7, 11) is -0.632. The molecule has 0 atom stereocenters. The van der Waals surface area contributed by atoms with Gasteiger partial charge in [-0.15, -0.1) is 4.68 Å². The summed E-state index contributed by atoms with van der Waals surface area (Å²) in [6, 6.07) is 1.63. The first-order chi connectivity index (χ1) is 6.96. The van der Waals surface area contributed by atoms with Crippen LogP contribution in [0, 0.1) is 0 Å². The molecule has 62 valence electrons. The van der Waals surface area contributed by atoms with E-state index in [1.54, 1.807) is 16.9 Å². The van der Waals surface area contributed by atoms with Crippen molar-refractivity contribution in [2.24, 2.45) is 7.05 Å². The molecule has 0 aromatic carbocycles. The molecule has 0 spiro atoms. The summed E-state index contributed by atoms with van der Waals surface area (Å²) in [6.07, 6.45) is 3.12. The summed E-state index contributed by atoms with van der Waals surface area (Å²) in [5.74, 6) is 0.234. The number of nitrogens with one attached hydrogen (secondary N) is 1. The third-order valence-electron chi connectivity index (χ3n) is 1.75. The third-order valence-corrected chi connectivity index (χ3v) is 1.75. The van der Waals surface area contributed by atoms with Crippen molar-refractivity contribution in [1.82, 2.24) is 10.1 Å². The zero-order chi connectivity index (χ0) is 11.1. The zero-order valence-electron chi connectivity index (χ0n) is 9.53. The van der Waals surface area contributed by atoms with Crippen molar-refractivity contribution in [3.63, 3.8) is 0 Å². The van der Waals surface area contributed by atoms with Crippen molar-refractivity contribution in [2.75, 3.05) is 7.04 Å². The number of aryl methyl sites for hydroxylation is 1. The molecule has 0 fully saturated rings. The second-order valence-electron chi connectivity index (χ2n) is 2.51. The molecule has 0 aliphatic heterocycles. The minimum Gasteiger partial charge on any atom is -0.495 e. The summed E-state index contributed by atoms with van der Waals surface area (Å²) in [6.45, 7) is 0. The Kier molecular flexibility index (Phi) is 0.918. The van der Waals surface area contributed by atoms with Crippen molar-refractivity contribution >= 4 is 11.0 Å². The Morgan fingerprint density at radius 2 is 2.67 bits per heavy atom. The Bertz CT molecular complexity index is 491. The van der Waals surface area contributed by atoms with Gasteiger partial charge in [-0.25, -0.2) is 4.98 Å². The van der Waals surface area contributed by atoms with E-state index in [0.29, 0.717) is 0 Å². The molecule has 2 rings (SSSR count). The maximum absolute atomic E-state index is 6.96. The molecule has 4 heteroatoms. The highest BCUT2D eigenvalue weighted by Gasteiger charge is 2.08. The van der Waals surface area contributed by atoms with Gasteiger partial charge >= 0.3 is 0 Å². The molecule has 0 saturated carbocycles. The van der Waals surface area contributed by atoms with E-state index in [1.807, 2.05) is 7.05 Å². The minimum absolute atomic E-state index is 0.234. The van der Waals surface area contributed by atoms with Crippen LogP contribution in [-0.4, -0.2) is 17.1 Å².